The highest BCUT2D eigenvalue weighted by Gasteiger charge is 2.34. The Labute approximate surface area is 144 Å². The fraction of sp³-hybridized carbons (Fsp3) is 0.529. The maximum Gasteiger partial charge on any atom is 0.234 e. The minimum Gasteiger partial charge on any atom is -0.329 e. The number of para-hydroxylation sites is 2. The maximum absolute atomic E-state index is 12.7. The van der Waals surface area contributed by atoms with Gasteiger partial charge in [-0.05, 0) is 31.4 Å². The molecule has 0 saturated heterocycles. The molecule has 128 valence electrons. The van der Waals surface area contributed by atoms with Crippen LogP contribution < -0.4 is 11.1 Å². The highest BCUT2D eigenvalue weighted by molar-refractivity contribution is 5.95. The molecule has 0 aliphatic rings. The average molecular weight is 339 g/mol. The quantitative estimate of drug-likeness (QED) is 0.810. The molecule has 23 heavy (non-hydrogen) atoms. The van der Waals surface area contributed by atoms with Gasteiger partial charge in [-0.1, -0.05) is 32.9 Å². The summed E-state index contributed by atoms with van der Waals surface area (Å²) in [5, 5.41) is 3.01. The SMILES string of the molecule is CCCn1c(NC(=O)C(CC)(CC)CN)nc2ccccc21.Cl. The number of halogens is 1. The van der Waals surface area contributed by atoms with Crippen molar-refractivity contribution in [3.05, 3.63) is 24.3 Å². The fourth-order valence-corrected chi connectivity index (χ4v) is 2.81. The largest absolute Gasteiger partial charge is 0.329 e. The lowest BCUT2D eigenvalue weighted by Crippen LogP contribution is -2.42. The van der Waals surface area contributed by atoms with Crippen LogP contribution in [0.15, 0.2) is 24.3 Å². The number of benzene rings is 1. The van der Waals surface area contributed by atoms with Crippen molar-refractivity contribution in [2.75, 3.05) is 11.9 Å². The van der Waals surface area contributed by atoms with E-state index < -0.39 is 5.41 Å². The minimum absolute atomic E-state index is 0. The van der Waals surface area contributed by atoms with Crippen LogP contribution in [0.4, 0.5) is 5.95 Å². The Hall–Kier alpha value is -1.59. The van der Waals surface area contributed by atoms with E-state index in [1.807, 2.05) is 38.1 Å². The zero-order valence-corrected chi connectivity index (χ0v) is 14.9. The fourth-order valence-electron chi connectivity index (χ4n) is 2.81. The van der Waals surface area contributed by atoms with E-state index in [0.717, 1.165) is 36.8 Å². The number of anilines is 1. The van der Waals surface area contributed by atoms with Crippen molar-refractivity contribution in [2.45, 2.75) is 46.6 Å². The summed E-state index contributed by atoms with van der Waals surface area (Å²) in [7, 11) is 0. The maximum atomic E-state index is 12.7. The summed E-state index contributed by atoms with van der Waals surface area (Å²) in [5.41, 5.74) is 7.30. The highest BCUT2D eigenvalue weighted by Crippen LogP contribution is 2.28. The van der Waals surface area contributed by atoms with Crippen LogP contribution in [0.25, 0.3) is 11.0 Å². The standard InChI is InChI=1S/C17H26N4O.ClH/c1-4-11-21-14-10-8-7-9-13(14)19-16(21)20-15(22)17(5-2,6-3)12-18;/h7-10H,4-6,11-12,18H2,1-3H3,(H,19,20,22);1H. The smallest absolute Gasteiger partial charge is 0.234 e. The Morgan fingerprint density at radius 1 is 1.26 bits per heavy atom. The van der Waals surface area contributed by atoms with Crippen LogP contribution in [0.5, 0.6) is 0 Å². The third-order valence-corrected chi connectivity index (χ3v) is 4.55. The summed E-state index contributed by atoms with van der Waals surface area (Å²) in [4.78, 5) is 17.3. The van der Waals surface area contributed by atoms with E-state index in [2.05, 4.69) is 21.8 Å². The number of aryl methyl sites for hydroxylation is 1. The summed E-state index contributed by atoms with van der Waals surface area (Å²) in [6.45, 7) is 7.29. The molecule has 1 amide bonds. The van der Waals surface area contributed by atoms with Gasteiger partial charge in [0.05, 0.1) is 16.4 Å². The minimum atomic E-state index is -0.519. The molecule has 1 heterocycles. The lowest BCUT2D eigenvalue weighted by molar-refractivity contribution is -0.125. The first-order valence-electron chi connectivity index (χ1n) is 8.08. The van der Waals surface area contributed by atoms with Crippen molar-refractivity contribution in [3.8, 4) is 0 Å². The molecule has 6 heteroatoms. The zero-order valence-electron chi connectivity index (χ0n) is 14.1. The van der Waals surface area contributed by atoms with Gasteiger partial charge in [0, 0.05) is 13.1 Å². The van der Waals surface area contributed by atoms with Gasteiger partial charge in [0.1, 0.15) is 0 Å². The van der Waals surface area contributed by atoms with E-state index in [9.17, 15) is 4.79 Å². The van der Waals surface area contributed by atoms with Crippen LogP contribution in [-0.4, -0.2) is 22.0 Å². The summed E-state index contributed by atoms with van der Waals surface area (Å²) in [6.07, 6.45) is 2.42. The van der Waals surface area contributed by atoms with Crippen LogP contribution >= 0.6 is 12.4 Å². The molecule has 2 aromatic rings. The molecule has 0 aliphatic carbocycles. The summed E-state index contributed by atoms with van der Waals surface area (Å²) in [6, 6.07) is 7.94. The van der Waals surface area contributed by atoms with Crippen molar-refractivity contribution in [2.24, 2.45) is 11.1 Å². The van der Waals surface area contributed by atoms with E-state index >= 15 is 0 Å². The van der Waals surface area contributed by atoms with Gasteiger partial charge < -0.3 is 10.3 Å². The van der Waals surface area contributed by atoms with E-state index in [-0.39, 0.29) is 18.3 Å². The Morgan fingerprint density at radius 3 is 2.48 bits per heavy atom. The third kappa shape index (κ3) is 3.67. The number of carbonyl (C=O) groups is 1. The molecule has 0 fully saturated rings. The second-order valence-electron chi connectivity index (χ2n) is 5.72. The molecule has 0 aliphatic heterocycles. The van der Waals surface area contributed by atoms with E-state index in [0.29, 0.717) is 12.5 Å². The number of hydrogen-bond donors (Lipinski definition) is 2. The second-order valence-corrected chi connectivity index (χ2v) is 5.72. The molecule has 0 radical (unpaired) electrons. The first kappa shape index (κ1) is 19.5. The monoisotopic (exact) mass is 338 g/mol. The molecule has 5 nitrogen and oxygen atoms in total. The number of nitrogens with one attached hydrogen (secondary N) is 1. The molecule has 0 unspecified atom stereocenters. The third-order valence-electron chi connectivity index (χ3n) is 4.55. The van der Waals surface area contributed by atoms with Gasteiger partial charge in [0.15, 0.2) is 0 Å². The number of rotatable bonds is 7. The van der Waals surface area contributed by atoms with Crippen LogP contribution in [0.1, 0.15) is 40.0 Å². The van der Waals surface area contributed by atoms with Gasteiger partial charge in [-0.15, -0.1) is 12.4 Å². The van der Waals surface area contributed by atoms with E-state index in [1.165, 1.54) is 0 Å². The molecule has 1 aromatic carbocycles. The summed E-state index contributed by atoms with van der Waals surface area (Å²) < 4.78 is 2.07. The van der Waals surface area contributed by atoms with Crippen LogP contribution in [0, 0.1) is 5.41 Å². The molecule has 2 rings (SSSR count). The van der Waals surface area contributed by atoms with Gasteiger partial charge in [0.2, 0.25) is 11.9 Å². The normalized spacial score (nSPS) is 11.3. The lowest BCUT2D eigenvalue weighted by atomic mass is 9.81. The molecular weight excluding hydrogens is 312 g/mol. The topological polar surface area (TPSA) is 72.9 Å². The first-order chi connectivity index (χ1) is 10.6. The second kappa shape index (κ2) is 8.31. The average Bonchev–Trinajstić information content (AvgIpc) is 2.88. The molecule has 1 aromatic heterocycles. The number of fused-ring (bicyclic) bond motifs is 1. The van der Waals surface area contributed by atoms with Gasteiger partial charge >= 0.3 is 0 Å². The van der Waals surface area contributed by atoms with Crippen molar-refractivity contribution in [3.63, 3.8) is 0 Å². The Bertz CT molecular complexity index is 641. The van der Waals surface area contributed by atoms with Crippen LogP contribution in [-0.2, 0) is 11.3 Å². The number of imidazole rings is 1. The first-order valence-corrected chi connectivity index (χ1v) is 8.08. The molecule has 0 bridgehead atoms. The lowest BCUT2D eigenvalue weighted by Gasteiger charge is -2.28. The predicted octanol–water partition coefficient (Wildman–Crippen LogP) is 3.57. The van der Waals surface area contributed by atoms with Crippen molar-refractivity contribution in [1.29, 1.82) is 0 Å². The number of nitrogens with zero attached hydrogens (tertiary/aromatic N) is 2. The number of hydrogen-bond acceptors (Lipinski definition) is 3. The molecule has 3 N–H and O–H groups in total. The molecule has 0 spiro atoms. The van der Waals surface area contributed by atoms with Gasteiger partial charge in [0.25, 0.3) is 0 Å². The summed E-state index contributed by atoms with van der Waals surface area (Å²) >= 11 is 0. The van der Waals surface area contributed by atoms with Gasteiger partial charge in [-0.2, -0.15) is 0 Å². The predicted molar refractivity (Wildman–Crippen MR) is 98.0 cm³/mol. The van der Waals surface area contributed by atoms with E-state index in [4.69, 9.17) is 5.73 Å². The van der Waals surface area contributed by atoms with Crippen molar-refractivity contribution >= 4 is 35.3 Å². The van der Waals surface area contributed by atoms with Gasteiger partial charge in [-0.25, -0.2) is 4.98 Å². The molecule has 0 saturated carbocycles. The Balaban J connectivity index is 0.00000264. The zero-order chi connectivity index (χ0) is 16.2. The molecule has 0 atom stereocenters. The highest BCUT2D eigenvalue weighted by atomic mass is 35.5. The van der Waals surface area contributed by atoms with Crippen LogP contribution in [0.2, 0.25) is 0 Å². The number of carbonyl (C=O) groups excluding carboxylic acids is 1. The Morgan fingerprint density at radius 2 is 1.91 bits per heavy atom. The van der Waals surface area contributed by atoms with Crippen LogP contribution in [0.3, 0.4) is 0 Å². The van der Waals surface area contributed by atoms with Crippen molar-refractivity contribution in [1.82, 2.24) is 9.55 Å². The number of amides is 1. The van der Waals surface area contributed by atoms with E-state index in [1.54, 1.807) is 0 Å². The summed E-state index contributed by atoms with van der Waals surface area (Å²) in [5.74, 6) is 0.584. The number of nitrogens with two attached hydrogens (primary N) is 1. The number of aromatic nitrogens is 2. The van der Waals surface area contributed by atoms with Crippen molar-refractivity contribution < 1.29 is 4.79 Å². The molecular formula is C17H27ClN4O. The van der Waals surface area contributed by atoms with Gasteiger partial charge in [-0.3, -0.25) is 10.1 Å². The Kier molecular flexibility index (Phi) is 7.03.